The van der Waals surface area contributed by atoms with E-state index in [2.05, 4.69) is 0 Å². The van der Waals surface area contributed by atoms with E-state index in [0.717, 1.165) is 0 Å². The summed E-state index contributed by atoms with van der Waals surface area (Å²) in [4.78, 5) is 11.5. The van der Waals surface area contributed by atoms with Gasteiger partial charge in [-0.15, -0.1) is 0 Å². The molecule has 3 heteroatoms. The fourth-order valence-corrected chi connectivity index (χ4v) is 1.08. The van der Waals surface area contributed by atoms with Gasteiger partial charge in [0, 0.05) is 13.5 Å². The second kappa shape index (κ2) is 4.42. The van der Waals surface area contributed by atoms with E-state index >= 15 is 0 Å². The van der Waals surface area contributed by atoms with E-state index < -0.39 is 0 Å². The van der Waals surface area contributed by atoms with Gasteiger partial charge >= 0.3 is 0 Å². The van der Waals surface area contributed by atoms with Crippen molar-refractivity contribution in [1.29, 1.82) is 0 Å². The van der Waals surface area contributed by atoms with Gasteiger partial charge in [-0.3, -0.25) is 4.79 Å². The third-order valence-electron chi connectivity index (χ3n) is 2.30. The number of carbonyl (C=O) groups excluding carboxylic acids is 1. The Kier molecular flexibility index (Phi) is 3.47. The van der Waals surface area contributed by atoms with E-state index in [0.29, 0.717) is 18.6 Å². The number of ketones is 1. The van der Waals surface area contributed by atoms with Gasteiger partial charge in [0.2, 0.25) is 0 Å². The molecule has 0 saturated carbocycles. The van der Waals surface area contributed by atoms with Gasteiger partial charge in [0.1, 0.15) is 0 Å². The predicted molar refractivity (Wildman–Crippen MR) is 53.4 cm³/mol. The maximum atomic E-state index is 11.5. The van der Waals surface area contributed by atoms with E-state index in [-0.39, 0.29) is 11.4 Å². The molecule has 78 valence electrons. The summed E-state index contributed by atoms with van der Waals surface area (Å²) >= 11 is 0. The van der Waals surface area contributed by atoms with Crippen LogP contribution >= 0.6 is 0 Å². The predicted octanol–water partition coefficient (Wildman–Crippen LogP) is 2.67. The summed E-state index contributed by atoms with van der Waals surface area (Å²) in [6.07, 6.45) is 2.66. The molecule has 14 heavy (non-hydrogen) atoms. The van der Waals surface area contributed by atoms with Crippen molar-refractivity contribution in [3.05, 3.63) is 24.2 Å². The van der Waals surface area contributed by atoms with Crippen LogP contribution in [0.15, 0.2) is 22.8 Å². The van der Waals surface area contributed by atoms with Crippen LogP contribution in [0.2, 0.25) is 0 Å². The Hall–Kier alpha value is -1.09. The third kappa shape index (κ3) is 3.00. The van der Waals surface area contributed by atoms with Crippen molar-refractivity contribution < 1.29 is 13.9 Å². The van der Waals surface area contributed by atoms with Crippen molar-refractivity contribution in [3.8, 4) is 0 Å². The molecule has 1 aromatic rings. The largest absolute Gasteiger partial charge is 0.461 e. The third-order valence-corrected chi connectivity index (χ3v) is 2.30. The molecule has 0 aliphatic heterocycles. The number of methoxy groups -OCH3 is 1. The quantitative estimate of drug-likeness (QED) is 0.679. The molecular weight excluding hydrogens is 180 g/mol. The normalized spacial score (nSPS) is 11.6. The number of rotatable bonds is 5. The van der Waals surface area contributed by atoms with Crippen LogP contribution in [0.3, 0.4) is 0 Å². The molecule has 0 unspecified atom stereocenters. The van der Waals surface area contributed by atoms with Crippen molar-refractivity contribution in [2.75, 3.05) is 7.11 Å². The molecule has 1 rings (SSSR count). The summed E-state index contributed by atoms with van der Waals surface area (Å²) in [6.45, 7) is 3.92. The van der Waals surface area contributed by atoms with Crippen molar-refractivity contribution >= 4 is 5.78 Å². The lowest BCUT2D eigenvalue weighted by Gasteiger charge is -2.21. The number of hydrogen-bond acceptors (Lipinski definition) is 3. The second-order valence-corrected chi connectivity index (χ2v) is 3.86. The van der Waals surface area contributed by atoms with Crippen LogP contribution in [0.25, 0.3) is 0 Å². The first kappa shape index (κ1) is 11.0. The number of ether oxygens (including phenoxy) is 1. The molecule has 0 N–H and O–H groups in total. The summed E-state index contributed by atoms with van der Waals surface area (Å²) < 4.78 is 10.2. The molecule has 0 atom stereocenters. The molecule has 0 saturated heterocycles. The highest BCUT2D eigenvalue weighted by Crippen LogP contribution is 2.17. The highest BCUT2D eigenvalue weighted by molar-refractivity contribution is 5.93. The van der Waals surface area contributed by atoms with Gasteiger partial charge < -0.3 is 9.15 Å². The van der Waals surface area contributed by atoms with Crippen molar-refractivity contribution in [2.45, 2.75) is 32.3 Å². The Balaban J connectivity index is 2.43. The SMILES string of the molecule is COC(C)(C)CCC(=O)c1ccco1. The minimum absolute atomic E-state index is 0.0279. The molecule has 1 heterocycles. The van der Waals surface area contributed by atoms with Crippen LogP contribution < -0.4 is 0 Å². The van der Waals surface area contributed by atoms with Crippen molar-refractivity contribution in [3.63, 3.8) is 0 Å². The fraction of sp³-hybridized carbons (Fsp3) is 0.545. The van der Waals surface area contributed by atoms with E-state index in [1.807, 2.05) is 13.8 Å². The van der Waals surface area contributed by atoms with Crippen molar-refractivity contribution in [1.82, 2.24) is 0 Å². The average Bonchev–Trinajstić information content (AvgIpc) is 2.67. The Morgan fingerprint density at radius 3 is 2.79 bits per heavy atom. The van der Waals surface area contributed by atoms with Crippen LogP contribution in [-0.4, -0.2) is 18.5 Å². The van der Waals surface area contributed by atoms with Crippen LogP contribution in [-0.2, 0) is 4.74 Å². The lowest BCUT2D eigenvalue weighted by molar-refractivity contribution is 0.0139. The van der Waals surface area contributed by atoms with Gasteiger partial charge in [-0.05, 0) is 32.4 Å². The molecule has 0 spiro atoms. The Bertz CT molecular complexity index is 285. The summed E-state index contributed by atoms with van der Waals surface area (Å²) in [5.74, 6) is 0.456. The lowest BCUT2D eigenvalue weighted by Crippen LogP contribution is -2.23. The van der Waals surface area contributed by atoms with Crippen LogP contribution in [0.5, 0.6) is 0 Å². The van der Waals surface area contributed by atoms with Crippen LogP contribution in [0.4, 0.5) is 0 Å². The van der Waals surface area contributed by atoms with Gasteiger partial charge in [0.25, 0.3) is 0 Å². The maximum Gasteiger partial charge on any atom is 0.198 e. The molecule has 0 amide bonds. The standard InChI is InChI=1S/C11H16O3/c1-11(2,13-3)7-6-9(12)10-5-4-8-14-10/h4-5,8H,6-7H2,1-3H3. The highest BCUT2D eigenvalue weighted by atomic mass is 16.5. The topological polar surface area (TPSA) is 39.4 Å². The van der Waals surface area contributed by atoms with Crippen LogP contribution in [0, 0.1) is 0 Å². The van der Waals surface area contributed by atoms with Gasteiger partial charge in [0.05, 0.1) is 11.9 Å². The summed E-state index contributed by atoms with van der Waals surface area (Å²) in [6, 6.07) is 3.40. The molecule has 0 fully saturated rings. The number of furan rings is 1. The molecule has 0 bridgehead atoms. The first-order chi connectivity index (χ1) is 6.55. The van der Waals surface area contributed by atoms with E-state index in [1.165, 1.54) is 6.26 Å². The smallest absolute Gasteiger partial charge is 0.198 e. The van der Waals surface area contributed by atoms with Crippen LogP contribution in [0.1, 0.15) is 37.2 Å². The van der Waals surface area contributed by atoms with Gasteiger partial charge in [0.15, 0.2) is 11.5 Å². The Labute approximate surface area is 84.1 Å². The molecule has 0 aromatic carbocycles. The van der Waals surface area contributed by atoms with Gasteiger partial charge in [-0.25, -0.2) is 0 Å². The van der Waals surface area contributed by atoms with E-state index in [4.69, 9.17) is 9.15 Å². The first-order valence-corrected chi connectivity index (χ1v) is 4.67. The Morgan fingerprint density at radius 1 is 1.57 bits per heavy atom. The van der Waals surface area contributed by atoms with Gasteiger partial charge in [-0.1, -0.05) is 0 Å². The fourth-order valence-electron chi connectivity index (χ4n) is 1.08. The first-order valence-electron chi connectivity index (χ1n) is 4.67. The average molecular weight is 196 g/mol. The Morgan fingerprint density at radius 2 is 2.29 bits per heavy atom. The molecule has 0 aliphatic carbocycles. The van der Waals surface area contributed by atoms with Gasteiger partial charge in [-0.2, -0.15) is 0 Å². The van der Waals surface area contributed by atoms with Crippen molar-refractivity contribution in [2.24, 2.45) is 0 Å². The molecule has 3 nitrogen and oxygen atoms in total. The monoisotopic (exact) mass is 196 g/mol. The zero-order chi connectivity index (χ0) is 10.6. The summed E-state index contributed by atoms with van der Waals surface area (Å²) in [5.41, 5.74) is -0.248. The molecule has 0 aliphatic rings. The molecular formula is C11H16O3. The molecule has 1 aromatic heterocycles. The van der Waals surface area contributed by atoms with E-state index in [1.54, 1.807) is 19.2 Å². The number of hydrogen-bond donors (Lipinski definition) is 0. The zero-order valence-corrected chi connectivity index (χ0v) is 8.87. The minimum atomic E-state index is -0.248. The number of carbonyl (C=O) groups is 1. The summed E-state index contributed by atoms with van der Waals surface area (Å²) in [7, 11) is 1.65. The minimum Gasteiger partial charge on any atom is -0.461 e. The summed E-state index contributed by atoms with van der Waals surface area (Å²) in [5, 5.41) is 0. The second-order valence-electron chi connectivity index (χ2n) is 3.86. The maximum absolute atomic E-state index is 11.5. The number of Topliss-reactive ketones (excluding diaryl/α,β-unsaturated/α-hetero) is 1. The zero-order valence-electron chi connectivity index (χ0n) is 8.87. The highest BCUT2D eigenvalue weighted by Gasteiger charge is 2.19. The molecule has 0 radical (unpaired) electrons. The lowest BCUT2D eigenvalue weighted by atomic mass is 10.00. The van der Waals surface area contributed by atoms with E-state index in [9.17, 15) is 4.79 Å².